The smallest absolute Gasteiger partial charge is 0.254 e. The van der Waals surface area contributed by atoms with Crippen molar-refractivity contribution in [2.45, 2.75) is 25.6 Å². The third-order valence-corrected chi connectivity index (χ3v) is 3.47. The summed E-state index contributed by atoms with van der Waals surface area (Å²) in [4.78, 5) is 14.2. The zero-order valence-electron chi connectivity index (χ0n) is 9.66. The van der Waals surface area contributed by atoms with Gasteiger partial charge in [0.1, 0.15) is 0 Å². The van der Waals surface area contributed by atoms with E-state index in [9.17, 15) is 4.79 Å². The molecule has 0 bridgehead atoms. The van der Waals surface area contributed by atoms with Gasteiger partial charge in [-0.05, 0) is 31.4 Å². The van der Waals surface area contributed by atoms with Crippen LogP contribution in [0.3, 0.4) is 0 Å². The predicted molar refractivity (Wildman–Crippen MR) is 66.1 cm³/mol. The lowest BCUT2D eigenvalue weighted by Gasteiger charge is -2.18. The van der Waals surface area contributed by atoms with Crippen molar-refractivity contribution in [2.24, 2.45) is 0 Å². The fourth-order valence-corrected chi connectivity index (χ4v) is 2.48. The van der Waals surface area contributed by atoms with Gasteiger partial charge >= 0.3 is 0 Å². The second-order valence-corrected chi connectivity index (χ2v) is 5.02. The van der Waals surface area contributed by atoms with Crippen LogP contribution in [0, 0.1) is 13.8 Å². The summed E-state index contributed by atoms with van der Waals surface area (Å²) in [6.45, 7) is 5.41. The summed E-state index contributed by atoms with van der Waals surface area (Å²) < 4.78 is 0. The van der Waals surface area contributed by atoms with Gasteiger partial charge in [-0.1, -0.05) is 18.2 Å². The first-order valence-electron chi connectivity index (χ1n) is 5.59. The van der Waals surface area contributed by atoms with Gasteiger partial charge in [0.2, 0.25) is 0 Å². The molecule has 0 aromatic heterocycles. The monoisotopic (exact) mass is 237 g/mol. The molecule has 1 atom stereocenters. The lowest BCUT2D eigenvalue weighted by molar-refractivity contribution is 0.0791. The summed E-state index contributed by atoms with van der Waals surface area (Å²) >= 11 is 6.02. The summed E-state index contributed by atoms with van der Waals surface area (Å²) in [6.07, 6.45) is 0.901. The van der Waals surface area contributed by atoms with E-state index in [-0.39, 0.29) is 11.3 Å². The van der Waals surface area contributed by atoms with Gasteiger partial charge < -0.3 is 4.90 Å². The number of halogens is 1. The van der Waals surface area contributed by atoms with Gasteiger partial charge in [0.05, 0.1) is 5.38 Å². The Bertz CT molecular complexity index is 396. The number of carbonyl (C=O) groups excluding carboxylic acids is 1. The first kappa shape index (κ1) is 11.5. The van der Waals surface area contributed by atoms with Gasteiger partial charge in [0, 0.05) is 18.7 Å². The molecule has 0 N–H and O–H groups in total. The van der Waals surface area contributed by atoms with E-state index in [4.69, 9.17) is 11.6 Å². The van der Waals surface area contributed by atoms with Crippen LogP contribution in [-0.4, -0.2) is 29.3 Å². The molecule has 1 aliphatic heterocycles. The fraction of sp³-hybridized carbons (Fsp3) is 0.462. The molecule has 1 saturated heterocycles. The van der Waals surface area contributed by atoms with E-state index >= 15 is 0 Å². The van der Waals surface area contributed by atoms with Crippen molar-refractivity contribution in [2.75, 3.05) is 13.1 Å². The van der Waals surface area contributed by atoms with E-state index in [1.165, 1.54) is 0 Å². The Kier molecular flexibility index (Phi) is 3.20. The van der Waals surface area contributed by atoms with Gasteiger partial charge in [-0.2, -0.15) is 0 Å². The maximum absolute atomic E-state index is 12.3. The van der Waals surface area contributed by atoms with Crippen LogP contribution in [0.15, 0.2) is 18.2 Å². The topological polar surface area (TPSA) is 20.3 Å². The lowest BCUT2D eigenvalue weighted by Crippen LogP contribution is -2.30. The number of nitrogens with zero attached hydrogens (tertiary/aromatic N) is 1. The molecule has 2 rings (SSSR count). The van der Waals surface area contributed by atoms with Crippen molar-refractivity contribution < 1.29 is 4.79 Å². The molecule has 0 aliphatic carbocycles. The quantitative estimate of drug-likeness (QED) is 0.688. The molecule has 3 heteroatoms. The van der Waals surface area contributed by atoms with E-state index in [1.807, 2.05) is 36.9 Å². The molecule has 1 aliphatic rings. The van der Waals surface area contributed by atoms with Gasteiger partial charge in [-0.15, -0.1) is 11.6 Å². The summed E-state index contributed by atoms with van der Waals surface area (Å²) in [5.41, 5.74) is 2.93. The Labute approximate surface area is 101 Å². The number of benzene rings is 1. The highest BCUT2D eigenvalue weighted by Gasteiger charge is 2.26. The zero-order chi connectivity index (χ0) is 11.7. The van der Waals surface area contributed by atoms with Crippen molar-refractivity contribution in [3.63, 3.8) is 0 Å². The maximum Gasteiger partial charge on any atom is 0.254 e. The Hall–Kier alpha value is -1.02. The SMILES string of the molecule is Cc1cccc(C)c1C(=O)N1CCC(Cl)C1. The van der Waals surface area contributed by atoms with Crippen molar-refractivity contribution in [3.05, 3.63) is 34.9 Å². The highest BCUT2D eigenvalue weighted by molar-refractivity contribution is 6.21. The Morgan fingerprint density at radius 3 is 2.50 bits per heavy atom. The van der Waals surface area contributed by atoms with Gasteiger partial charge in [0.15, 0.2) is 0 Å². The van der Waals surface area contributed by atoms with E-state index in [2.05, 4.69) is 0 Å². The molecule has 86 valence electrons. The van der Waals surface area contributed by atoms with Crippen molar-refractivity contribution in [1.82, 2.24) is 4.90 Å². The van der Waals surface area contributed by atoms with Gasteiger partial charge in [-0.3, -0.25) is 4.79 Å². The average molecular weight is 238 g/mol. The summed E-state index contributed by atoms with van der Waals surface area (Å²) in [6, 6.07) is 5.94. The number of alkyl halides is 1. The number of likely N-dealkylation sites (tertiary alicyclic amines) is 1. The van der Waals surface area contributed by atoms with Crippen LogP contribution in [0.4, 0.5) is 0 Å². The molecule has 1 unspecified atom stereocenters. The van der Waals surface area contributed by atoms with Crippen LogP contribution in [0.1, 0.15) is 27.9 Å². The molecule has 2 nitrogen and oxygen atoms in total. The molecule has 0 spiro atoms. The fourth-order valence-electron chi connectivity index (χ4n) is 2.21. The van der Waals surface area contributed by atoms with Gasteiger partial charge in [0.25, 0.3) is 5.91 Å². The Balaban J connectivity index is 2.27. The molecule has 1 aromatic carbocycles. The molecule has 16 heavy (non-hydrogen) atoms. The highest BCUT2D eigenvalue weighted by atomic mass is 35.5. The number of carbonyl (C=O) groups is 1. The Morgan fingerprint density at radius 1 is 1.38 bits per heavy atom. The van der Waals surface area contributed by atoms with E-state index in [0.29, 0.717) is 6.54 Å². The second-order valence-electron chi connectivity index (χ2n) is 4.40. The van der Waals surface area contributed by atoms with Crippen LogP contribution in [0.25, 0.3) is 0 Å². The van der Waals surface area contributed by atoms with Crippen LogP contribution in [-0.2, 0) is 0 Å². The molecule has 1 aromatic rings. The predicted octanol–water partition coefficient (Wildman–Crippen LogP) is 2.76. The lowest BCUT2D eigenvalue weighted by atomic mass is 10.0. The van der Waals surface area contributed by atoms with E-state index in [1.54, 1.807) is 0 Å². The highest BCUT2D eigenvalue weighted by Crippen LogP contribution is 2.21. The summed E-state index contributed by atoms with van der Waals surface area (Å²) in [5, 5.41) is 0.119. The number of rotatable bonds is 1. The molecule has 1 heterocycles. The van der Waals surface area contributed by atoms with Crippen LogP contribution >= 0.6 is 11.6 Å². The van der Waals surface area contributed by atoms with Crippen molar-refractivity contribution in [3.8, 4) is 0 Å². The van der Waals surface area contributed by atoms with Crippen molar-refractivity contribution >= 4 is 17.5 Å². The van der Waals surface area contributed by atoms with Crippen LogP contribution < -0.4 is 0 Å². The third-order valence-electron chi connectivity index (χ3n) is 3.11. The summed E-state index contributed by atoms with van der Waals surface area (Å²) in [7, 11) is 0. The molecule has 0 radical (unpaired) electrons. The normalized spacial score (nSPS) is 20.2. The molecule has 1 amide bonds. The first-order chi connectivity index (χ1) is 7.59. The van der Waals surface area contributed by atoms with Crippen LogP contribution in [0.5, 0.6) is 0 Å². The van der Waals surface area contributed by atoms with Gasteiger partial charge in [-0.25, -0.2) is 0 Å². The summed E-state index contributed by atoms with van der Waals surface area (Å²) in [5.74, 6) is 0.124. The minimum absolute atomic E-state index is 0.119. The number of aryl methyl sites for hydroxylation is 2. The Morgan fingerprint density at radius 2 is 2.00 bits per heavy atom. The molecular formula is C13H16ClNO. The number of hydrogen-bond donors (Lipinski definition) is 0. The molecule has 1 fully saturated rings. The number of hydrogen-bond acceptors (Lipinski definition) is 1. The standard InChI is InChI=1S/C13H16ClNO/c1-9-4-3-5-10(2)12(9)13(16)15-7-6-11(14)8-15/h3-5,11H,6-8H2,1-2H3. The maximum atomic E-state index is 12.3. The first-order valence-corrected chi connectivity index (χ1v) is 6.03. The largest absolute Gasteiger partial charge is 0.337 e. The number of amides is 1. The average Bonchev–Trinajstić information content (AvgIpc) is 2.64. The second kappa shape index (κ2) is 4.46. The third kappa shape index (κ3) is 2.07. The van der Waals surface area contributed by atoms with E-state index < -0.39 is 0 Å². The molecular weight excluding hydrogens is 222 g/mol. The van der Waals surface area contributed by atoms with E-state index in [0.717, 1.165) is 29.7 Å². The zero-order valence-corrected chi connectivity index (χ0v) is 10.4. The van der Waals surface area contributed by atoms with Crippen molar-refractivity contribution in [1.29, 1.82) is 0 Å². The van der Waals surface area contributed by atoms with Crippen LogP contribution in [0.2, 0.25) is 0 Å². The molecule has 0 saturated carbocycles. The minimum Gasteiger partial charge on any atom is -0.337 e. The minimum atomic E-state index is 0.119.